The van der Waals surface area contributed by atoms with E-state index in [1.807, 2.05) is 0 Å². The number of hydrogen-bond acceptors (Lipinski definition) is 0. The highest BCUT2D eigenvalue weighted by Crippen LogP contribution is 2.46. The molecule has 0 aliphatic heterocycles. The van der Waals surface area contributed by atoms with Crippen LogP contribution in [0.1, 0.15) is 22.3 Å². The van der Waals surface area contributed by atoms with Crippen LogP contribution in [-0.4, -0.2) is 9.13 Å². The molecule has 11 aromatic carbocycles. The highest BCUT2D eigenvalue weighted by molar-refractivity contribution is 6.12. The fourth-order valence-corrected chi connectivity index (χ4v) is 11.0. The van der Waals surface area contributed by atoms with Crippen molar-refractivity contribution in [2.75, 3.05) is 0 Å². The molecule has 13 rings (SSSR count). The second-order valence-electron chi connectivity index (χ2n) is 17.7. The summed E-state index contributed by atoms with van der Waals surface area (Å²) in [7, 11) is 0. The number of aromatic nitrogens is 2. The molecule has 0 aliphatic carbocycles. The van der Waals surface area contributed by atoms with Gasteiger partial charge in [-0.15, -0.1) is 0 Å². The zero-order valence-corrected chi connectivity index (χ0v) is 36.8. The van der Waals surface area contributed by atoms with E-state index in [0.29, 0.717) is 0 Å². The molecule has 0 saturated carbocycles. The number of nitrogens with zero attached hydrogens (tertiary/aromatic N) is 2. The molecule has 0 saturated heterocycles. The Morgan fingerprint density at radius 3 is 1.15 bits per heavy atom. The molecular formula is C65H44N2. The van der Waals surface area contributed by atoms with E-state index in [9.17, 15) is 0 Å². The van der Waals surface area contributed by atoms with Crippen molar-refractivity contribution in [1.82, 2.24) is 9.13 Å². The lowest BCUT2D eigenvalue weighted by atomic mass is 9.65. The molecule has 0 spiro atoms. The maximum Gasteiger partial charge on any atom is 0.0702 e. The zero-order chi connectivity index (χ0) is 44.3. The monoisotopic (exact) mass is 852 g/mol. The van der Waals surface area contributed by atoms with E-state index in [1.165, 1.54) is 105 Å². The number of benzene rings is 11. The van der Waals surface area contributed by atoms with Crippen molar-refractivity contribution in [2.24, 2.45) is 0 Å². The Kier molecular flexibility index (Phi) is 9.11. The van der Waals surface area contributed by atoms with E-state index in [0.717, 1.165) is 5.69 Å². The van der Waals surface area contributed by atoms with Crippen LogP contribution in [0.3, 0.4) is 0 Å². The van der Waals surface area contributed by atoms with E-state index >= 15 is 0 Å². The van der Waals surface area contributed by atoms with Crippen molar-refractivity contribution < 1.29 is 0 Å². The first-order valence-electron chi connectivity index (χ1n) is 23.2. The largest absolute Gasteiger partial charge is 0.309 e. The fourth-order valence-electron chi connectivity index (χ4n) is 11.0. The standard InChI is InChI=1S/C65H44N2/c1-4-19-51(20-5-1)65(52-21-6-2-7-22-52,53-23-8-3-9-24-53)54-25-16-26-55(44-54)66-61-29-14-12-27-57(61)59-42-49(36-39-63(59)66)46-31-33-47(34-32-46)50-37-40-64-60(43-50)58-28-13-15-30-62(58)67(64)56-38-35-45-17-10-11-18-48(45)41-56/h1-44H. The minimum absolute atomic E-state index is 0.541. The van der Waals surface area contributed by atoms with Gasteiger partial charge in [0.05, 0.1) is 27.5 Å². The molecule has 0 N–H and O–H groups in total. The molecule has 67 heavy (non-hydrogen) atoms. The molecular weight excluding hydrogens is 809 g/mol. The molecule has 13 aromatic rings. The van der Waals surface area contributed by atoms with Gasteiger partial charge in [0.1, 0.15) is 0 Å². The van der Waals surface area contributed by atoms with Crippen molar-refractivity contribution in [1.29, 1.82) is 0 Å². The summed E-state index contributed by atoms with van der Waals surface area (Å²) < 4.78 is 4.85. The lowest BCUT2D eigenvalue weighted by Crippen LogP contribution is -2.31. The van der Waals surface area contributed by atoms with E-state index in [1.54, 1.807) is 0 Å². The van der Waals surface area contributed by atoms with Gasteiger partial charge in [-0.2, -0.15) is 0 Å². The van der Waals surface area contributed by atoms with Gasteiger partial charge in [0.15, 0.2) is 0 Å². The van der Waals surface area contributed by atoms with Crippen molar-refractivity contribution >= 4 is 54.4 Å². The number of para-hydroxylation sites is 2. The van der Waals surface area contributed by atoms with E-state index in [4.69, 9.17) is 0 Å². The quantitative estimate of drug-likeness (QED) is 0.135. The lowest BCUT2D eigenvalue weighted by molar-refractivity contribution is 0.744. The maximum atomic E-state index is 2.44. The van der Waals surface area contributed by atoms with Crippen LogP contribution >= 0.6 is 0 Å². The summed E-state index contributed by atoms with van der Waals surface area (Å²) in [5.41, 5.74) is 16.2. The van der Waals surface area contributed by atoms with Crippen molar-refractivity contribution in [3.8, 4) is 33.6 Å². The van der Waals surface area contributed by atoms with Gasteiger partial charge in [-0.1, -0.05) is 206 Å². The van der Waals surface area contributed by atoms with E-state index in [-0.39, 0.29) is 0 Å². The highest BCUT2D eigenvalue weighted by Gasteiger charge is 2.38. The third-order valence-electron chi connectivity index (χ3n) is 14.0. The van der Waals surface area contributed by atoms with Crippen molar-refractivity contribution in [2.45, 2.75) is 5.41 Å². The summed E-state index contributed by atoms with van der Waals surface area (Å²) in [6.45, 7) is 0. The molecule has 0 aliphatic rings. The third-order valence-corrected chi connectivity index (χ3v) is 14.0. The highest BCUT2D eigenvalue weighted by atomic mass is 15.0. The predicted molar refractivity (Wildman–Crippen MR) is 282 cm³/mol. The molecule has 0 bridgehead atoms. The van der Waals surface area contributed by atoms with Gasteiger partial charge in [0.25, 0.3) is 0 Å². The molecule has 0 atom stereocenters. The molecule has 0 amide bonds. The van der Waals surface area contributed by atoms with E-state index in [2.05, 4.69) is 276 Å². The van der Waals surface area contributed by atoms with Gasteiger partial charge in [0, 0.05) is 32.9 Å². The second kappa shape index (κ2) is 15.8. The van der Waals surface area contributed by atoms with Gasteiger partial charge < -0.3 is 9.13 Å². The first-order valence-corrected chi connectivity index (χ1v) is 23.2. The summed E-state index contributed by atoms with van der Waals surface area (Å²) in [5, 5.41) is 7.47. The molecule has 2 aromatic heterocycles. The van der Waals surface area contributed by atoms with Crippen LogP contribution in [0, 0.1) is 0 Å². The molecule has 0 fully saturated rings. The maximum absolute atomic E-state index is 2.44. The molecule has 2 nitrogen and oxygen atoms in total. The molecule has 0 radical (unpaired) electrons. The van der Waals surface area contributed by atoms with Gasteiger partial charge in [-0.25, -0.2) is 0 Å². The Morgan fingerprint density at radius 2 is 0.627 bits per heavy atom. The summed E-state index contributed by atoms with van der Waals surface area (Å²) in [6, 6.07) is 98.0. The Hall–Kier alpha value is -8.72. The normalized spacial score (nSPS) is 11.9. The first-order chi connectivity index (χ1) is 33.2. The number of fused-ring (bicyclic) bond motifs is 7. The van der Waals surface area contributed by atoms with Crippen LogP contribution in [0.4, 0.5) is 0 Å². The van der Waals surface area contributed by atoms with Crippen LogP contribution in [0.15, 0.2) is 267 Å². The first kappa shape index (κ1) is 38.7. The average molecular weight is 853 g/mol. The van der Waals surface area contributed by atoms with Gasteiger partial charge in [-0.05, 0) is 116 Å². The number of hydrogen-bond donors (Lipinski definition) is 0. The van der Waals surface area contributed by atoms with Crippen LogP contribution in [0.25, 0.3) is 88.0 Å². The van der Waals surface area contributed by atoms with Crippen LogP contribution < -0.4 is 0 Å². The topological polar surface area (TPSA) is 9.86 Å². The number of rotatable bonds is 8. The zero-order valence-electron chi connectivity index (χ0n) is 36.8. The molecule has 0 unspecified atom stereocenters. The lowest BCUT2D eigenvalue weighted by Gasteiger charge is -2.37. The average Bonchev–Trinajstić information content (AvgIpc) is 3.92. The summed E-state index contributed by atoms with van der Waals surface area (Å²) in [5.74, 6) is 0. The minimum Gasteiger partial charge on any atom is -0.309 e. The Balaban J connectivity index is 0.893. The smallest absolute Gasteiger partial charge is 0.0702 e. The molecule has 314 valence electrons. The van der Waals surface area contributed by atoms with Gasteiger partial charge in [0.2, 0.25) is 0 Å². The van der Waals surface area contributed by atoms with Crippen LogP contribution in [0.5, 0.6) is 0 Å². The van der Waals surface area contributed by atoms with Crippen LogP contribution in [-0.2, 0) is 5.41 Å². The Labute approximate surface area is 389 Å². The fraction of sp³-hybridized carbons (Fsp3) is 0.0154. The second-order valence-corrected chi connectivity index (χ2v) is 17.7. The summed E-state index contributed by atoms with van der Waals surface area (Å²) in [4.78, 5) is 0. The Morgan fingerprint density at radius 1 is 0.224 bits per heavy atom. The van der Waals surface area contributed by atoms with Crippen molar-refractivity contribution in [3.05, 3.63) is 289 Å². The Bertz CT molecular complexity index is 3860. The van der Waals surface area contributed by atoms with Gasteiger partial charge >= 0.3 is 0 Å². The van der Waals surface area contributed by atoms with Crippen molar-refractivity contribution in [3.63, 3.8) is 0 Å². The summed E-state index contributed by atoms with van der Waals surface area (Å²) >= 11 is 0. The predicted octanol–water partition coefficient (Wildman–Crippen LogP) is 16.8. The summed E-state index contributed by atoms with van der Waals surface area (Å²) in [6.07, 6.45) is 0. The molecule has 2 heteroatoms. The minimum atomic E-state index is -0.541. The van der Waals surface area contributed by atoms with Gasteiger partial charge in [-0.3, -0.25) is 0 Å². The van der Waals surface area contributed by atoms with E-state index < -0.39 is 5.41 Å². The SMILES string of the molecule is c1ccc(C(c2ccccc2)(c2ccccc2)c2cccc(-n3c4ccccc4c4cc(-c5ccc(-c6ccc7c(c6)c6ccccc6n7-c6ccc7ccccc7c6)cc5)ccc43)c2)cc1. The van der Waals surface area contributed by atoms with Crippen LogP contribution in [0.2, 0.25) is 0 Å². The molecule has 2 heterocycles. The third kappa shape index (κ3) is 6.26.